The first-order chi connectivity index (χ1) is 4.33. The van der Waals surface area contributed by atoms with Gasteiger partial charge in [-0.2, -0.15) is 0 Å². The van der Waals surface area contributed by atoms with E-state index in [0.717, 1.165) is 11.0 Å². The number of likely N-dealkylation sites (N-methyl/N-ethyl adjacent to an activating group) is 1. The fourth-order valence-corrected chi connectivity index (χ4v) is 1.40. The SMILES string of the molecule is C/C(Br)=C(\Br)C[N+](C)(C)C.[Br-]. The second-order valence-electron chi connectivity index (χ2n) is 3.39. The second kappa shape index (κ2) is 5.73. The van der Waals surface area contributed by atoms with Crippen molar-refractivity contribution < 1.29 is 21.5 Å². The van der Waals surface area contributed by atoms with Crippen LogP contribution in [0.5, 0.6) is 0 Å². The molecule has 0 fully saturated rings. The van der Waals surface area contributed by atoms with E-state index >= 15 is 0 Å². The summed E-state index contributed by atoms with van der Waals surface area (Å²) in [6, 6.07) is 0. The highest BCUT2D eigenvalue weighted by Crippen LogP contribution is 2.18. The Hall–Kier alpha value is 1.14. The van der Waals surface area contributed by atoms with Gasteiger partial charge in [-0.1, -0.05) is 15.9 Å². The molecule has 0 amide bonds. The van der Waals surface area contributed by atoms with Crippen LogP contribution in [-0.4, -0.2) is 32.2 Å². The van der Waals surface area contributed by atoms with Crippen LogP contribution in [0.15, 0.2) is 8.96 Å². The van der Waals surface area contributed by atoms with Crippen molar-refractivity contribution in [1.29, 1.82) is 0 Å². The summed E-state index contributed by atoms with van der Waals surface area (Å²) in [6.45, 7) is 3.07. The zero-order chi connectivity index (χ0) is 8.36. The van der Waals surface area contributed by atoms with E-state index in [1.54, 1.807) is 0 Å². The topological polar surface area (TPSA) is 0 Å². The molecule has 0 saturated carbocycles. The first-order valence-corrected chi connectivity index (χ1v) is 4.73. The molecule has 0 aromatic rings. The lowest BCUT2D eigenvalue weighted by atomic mass is 10.4. The molecule has 0 aliphatic rings. The van der Waals surface area contributed by atoms with Crippen LogP contribution in [0.25, 0.3) is 0 Å². The average molecular weight is 352 g/mol. The van der Waals surface area contributed by atoms with Gasteiger partial charge >= 0.3 is 0 Å². The molecule has 0 aliphatic heterocycles. The predicted octanol–water partition coefficient (Wildman–Crippen LogP) is -0.282. The van der Waals surface area contributed by atoms with Crippen molar-refractivity contribution in [3.63, 3.8) is 0 Å². The van der Waals surface area contributed by atoms with Gasteiger partial charge in [0.2, 0.25) is 0 Å². The van der Waals surface area contributed by atoms with Crippen molar-refractivity contribution in [2.75, 3.05) is 27.7 Å². The molecule has 4 heteroatoms. The van der Waals surface area contributed by atoms with Crippen molar-refractivity contribution in [3.05, 3.63) is 8.96 Å². The Labute approximate surface area is 96.5 Å². The first kappa shape index (κ1) is 14.7. The molecule has 0 heterocycles. The van der Waals surface area contributed by atoms with Crippen LogP contribution in [0.2, 0.25) is 0 Å². The van der Waals surface area contributed by atoms with Crippen LogP contribution in [0.3, 0.4) is 0 Å². The number of nitrogens with zero attached hydrogens (tertiary/aromatic N) is 1. The molecule has 0 rings (SSSR count). The van der Waals surface area contributed by atoms with Crippen LogP contribution < -0.4 is 17.0 Å². The Balaban J connectivity index is 0. The van der Waals surface area contributed by atoms with E-state index in [1.165, 1.54) is 8.96 Å². The highest BCUT2D eigenvalue weighted by Gasteiger charge is 2.09. The summed E-state index contributed by atoms with van der Waals surface area (Å²) in [5.74, 6) is 0. The summed E-state index contributed by atoms with van der Waals surface area (Å²) in [7, 11) is 6.49. The molecule has 11 heavy (non-hydrogen) atoms. The van der Waals surface area contributed by atoms with Gasteiger partial charge in [0.1, 0.15) is 6.54 Å². The minimum Gasteiger partial charge on any atom is -1.00 e. The number of rotatable bonds is 2. The lowest BCUT2D eigenvalue weighted by molar-refractivity contribution is -0.864. The first-order valence-electron chi connectivity index (χ1n) is 3.14. The molecule has 0 unspecified atom stereocenters. The lowest BCUT2D eigenvalue weighted by Crippen LogP contribution is -3.00. The third-order valence-electron chi connectivity index (χ3n) is 0.987. The summed E-state index contributed by atoms with van der Waals surface area (Å²) in [5.41, 5.74) is 0. The quantitative estimate of drug-likeness (QED) is 0.600. The van der Waals surface area contributed by atoms with E-state index in [1.807, 2.05) is 6.92 Å². The Morgan fingerprint density at radius 3 is 1.64 bits per heavy atom. The molecule has 0 atom stereocenters. The van der Waals surface area contributed by atoms with Crippen LogP contribution >= 0.6 is 31.9 Å². The summed E-state index contributed by atoms with van der Waals surface area (Å²) >= 11 is 6.91. The van der Waals surface area contributed by atoms with E-state index in [0.29, 0.717) is 0 Å². The second-order valence-corrected chi connectivity index (χ2v) is 5.53. The van der Waals surface area contributed by atoms with Crippen molar-refractivity contribution >= 4 is 31.9 Å². The van der Waals surface area contributed by atoms with E-state index in [-0.39, 0.29) is 17.0 Å². The Kier molecular flexibility index (Phi) is 7.63. The number of quaternary nitrogens is 1. The van der Waals surface area contributed by atoms with Crippen molar-refractivity contribution in [3.8, 4) is 0 Å². The van der Waals surface area contributed by atoms with Crippen LogP contribution in [-0.2, 0) is 0 Å². The summed E-state index contributed by atoms with van der Waals surface area (Å²) in [5, 5.41) is 0. The molecular formula is C7H14Br3N. The van der Waals surface area contributed by atoms with Crippen LogP contribution in [0, 0.1) is 0 Å². The van der Waals surface area contributed by atoms with Gasteiger partial charge in [-0.3, -0.25) is 0 Å². The number of hydrogen-bond donors (Lipinski definition) is 0. The maximum Gasteiger partial charge on any atom is 0.111 e. The molecule has 68 valence electrons. The minimum absolute atomic E-state index is 0. The molecule has 0 aromatic heterocycles. The van der Waals surface area contributed by atoms with Gasteiger partial charge < -0.3 is 21.5 Å². The highest BCUT2D eigenvalue weighted by molar-refractivity contribution is 9.14. The Morgan fingerprint density at radius 1 is 1.18 bits per heavy atom. The van der Waals surface area contributed by atoms with Gasteiger partial charge in [-0.25, -0.2) is 0 Å². The molecule has 0 bridgehead atoms. The molecule has 0 spiro atoms. The van der Waals surface area contributed by atoms with Gasteiger partial charge in [-0.15, -0.1) is 0 Å². The Bertz CT molecular complexity index is 142. The van der Waals surface area contributed by atoms with Gasteiger partial charge in [0.25, 0.3) is 0 Å². The Morgan fingerprint density at radius 2 is 1.55 bits per heavy atom. The summed E-state index contributed by atoms with van der Waals surface area (Å²) in [4.78, 5) is 0. The molecule has 0 radical (unpaired) electrons. The molecule has 0 saturated heterocycles. The van der Waals surface area contributed by atoms with E-state index in [2.05, 4.69) is 53.0 Å². The molecular weight excluding hydrogens is 338 g/mol. The number of hydrogen-bond acceptors (Lipinski definition) is 0. The van der Waals surface area contributed by atoms with E-state index < -0.39 is 0 Å². The highest BCUT2D eigenvalue weighted by atomic mass is 79.9. The maximum absolute atomic E-state index is 3.50. The largest absolute Gasteiger partial charge is 1.00 e. The zero-order valence-corrected chi connectivity index (χ0v) is 12.0. The average Bonchev–Trinajstić information content (AvgIpc) is 1.60. The number of halogens is 3. The smallest absolute Gasteiger partial charge is 0.111 e. The fraction of sp³-hybridized carbons (Fsp3) is 0.714. The van der Waals surface area contributed by atoms with Crippen LogP contribution in [0.4, 0.5) is 0 Å². The van der Waals surface area contributed by atoms with Gasteiger partial charge in [0, 0.05) is 4.48 Å². The summed E-state index contributed by atoms with van der Waals surface area (Å²) in [6.07, 6.45) is 0. The molecule has 0 aromatic carbocycles. The molecule has 0 N–H and O–H groups in total. The standard InChI is InChI=1S/C7H14Br2N.BrH/c1-6(8)7(9)5-10(2,3)4;/h5H2,1-4H3;1H/q+1;/p-1/b7-6+;. The third kappa shape index (κ3) is 9.05. The third-order valence-corrected chi connectivity index (χ3v) is 2.84. The monoisotopic (exact) mass is 349 g/mol. The maximum atomic E-state index is 3.50. The van der Waals surface area contributed by atoms with Crippen molar-refractivity contribution in [1.82, 2.24) is 0 Å². The van der Waals surface area contributed by atoms with Crippen molar-refractivity contribution in [2.45, 2.75) is 6.92 Å². The normalized spacial score (nSPS) is 13.6. The molecule has 1 nitrogen and oxygen atoms in total. The van der Waals surface area contributed by atoms with Crippen molar-refractivity contribution in [2.24, 2.45) is 0 Å². The van der Waals surface area contributed by atoms with Gasteiger partial charge in [0.15, 0.2) is 0 Å². The zero-order valence-electron chi connectivity index (χ0n) is 7.29. The van der Waals surface area contributed by atoms with Crippen LogP contribution in [0.1, 0.15) is 6.92 Å². The molecule has 0 aliphatic carbocycles. The number of allylic oxidation sites excluding steroid dienone is 1. The predicted molar refractivity (Wildman–Crippen MR) is 53.5 cm³/mol. The fourth-order valence-electron chi connectivity index (χ4n) is 0.525. The summed E-state index contributed by atoms with van der Waals surface area (Å²) < 4.78 is 3.37. The van der Waals surface area contributed by atoms with Gasteiger partial charge in [0.05, 0.1) is 25.6 Å². The lowest BCUT2D eigenvalue weighted by Gasteiger charge is -2.23. The van der Waals surface area contributed by atoms with Gasteiger partial charge in [-0.05, 0) is 22.9 Å². The minimum atomic E-state index is 0. The van der Waals surface area contributed by atoms with E-state index in [4.69, 9.17) is 0 Å². The van der Waals surface area contributed by atoms with E-state index in [9.17, 15) is 0 Å².